The fraction of sp³-hybridized carbons (Fsp3) is 0.143. The van der Waals surface area contributed by atoms with E-state index >= 15 is 0 Å². The van der Waals surface area contributed by atoms with E-state index in [1.165, 1.54) is 16.7 Å². The molecule has 0 saturated carbocycles. The zero-order valence-corrected chi connectivity index (χ0v) is 8.94. The fourth-order valence-corrected chi connectivity index (χ4v) is 2.10. The molecule has 0 aromatic heterocycles. The predicted molar refractivity (Wildman–Crippen MR) is 64.8 cm³/mol. The van der Waals surface area contributed by atoms with Gasteiger partial charge in [-0.15, -0.1) is 0 Å². The van der Waals surface area contributed by atoms with Crippen LogP contribution in [0, 0.1) is 0 Å². The van der Waals surface area contributed by atoms with E-state index in [0.29, 0.717) is 0 Å². The third-order valence-corrected chi connectivity index (χ3v) is 2.99. The van der Waals surface area contributed by atoms with Gasteiger partial charge in [0.1, 0.15) is 0 Å². The van der Waals surface area contributed by atoms with Crippen LogP contribution in [0.15, 0.2) is 42.5 Å². The first-order valence-electron chi connectivity index (χ1n) is 5.39. The predicted octanol–water partition coefficient (Wildman–Crippen LogP) is 2.97. The average Bonchev–Trinajstić information content (AvgIpc) is 2.76. The summed E-state index contributed by atoms with van der Waals surface area (Å²) in [4.78, 5) is 0. The second-order valence-corrected chi connectivity index (χ2v) is 4.06. The minimum atomic E-state index is 0.718. The van der Waals surface area contributed by atoms with E-state index in [0.717, 1.165) is 24.5 Å². The number of ether oxygens (including phenoxy) is 1. The molecule has 0 spiro atoms. The molecule has 0 radical (unpaired) electrons. The number of para-hydroxylation sites is 1. The molecular weight excluding hydrogens is 198 g/mol. The summed E-state index contributed by atoms with van der Waals surface area (Å²) >= 11 is 0. The van der Waals surface area contributed by atoms with Crippen molar-refractivity contribution in [1.29, 1.82) is 0 Å². The summed E-state index contributed by atoms with van der Waals surface area (Å²) in [6.45, 7) is 1.45. The Morgan fingerprint density at radius 2 is 1.75 bits per heavy atom. The molecule has 0 amide bonds. The number of fused-ring (bicyclic) bond motifs is 1. The highest BCUT2D eigenvalue weighted by molar-refractivity contribution is 5.76. The van der Waals surface area contributed by atoms with Crippen molar-refractivity contribution in [3.8, 4) is 11.1 Å². The van der Waals surface area contributed by atoms with Gasteiger partial charge in [0.05, 0.1) is 13.2 Å². The van der Waals surface area contributed by atoms with E-state index in [-0.39, 0.29) is 0 Å². The van der Waals surface area contributed by atoms with Gasteiger partial charge in [-0.1, -0.05) is 30.3 Å². The molecule has 3 rings (SSSR count). The number of anilines is 1. The molecular formula is C14H13NO. The number of nitrogens with two attached hydrogens (primary N) is 1. The van der Waals surface area contributed by atoms with E-state index in [2.05, 4.69) is 18.2 Å². The third kappa shape index (κ3) is 1.48. The van der Waals surface area contributed by atoms with Crippen molar-refractivity contribution in [2.24, 2.45) is 0 Å². The Morgan fingerprint density at radius 3 is 2.62 bits per heavy atom. The number of benzene rings is 2. The van der Waals surface area contributed by atoms with E-state index in [1.54, 1.807) is 0 Å². The molecule has 2 nitrogen and oxygen atoms in total. The monoisotopic (exact) mass is 211 g/mol. The van der Waals surface area contributed by atoms with Crippen LogP contribution in [0.4, 0.5) is 5.69 Å². The topological polar surface area (TPSA) is 35.2 Å². The van der Waals surface area contributed by atoms with Crippen molar-refractivity contribution in [2.75, 3.05) is 5.73 Å². The first-order chi connectivity index (χ1) is 7.84. The minimum absolute atomic E-state index is 0.718. The maximum atomic E-state index is 5.97. The van der Waals surface area contributed by atoms with Crippen molar-refractivity contribution in [3.63, 3.8) is 0 Å². The zero-order chi connectivity index (χ0) is 11.0. The Bertz CT molecular complexity index is 534. The van der Waals surface area contributed by atoms with Gasteiger partial charge in [0.25, 0.3) is 0 Å². The van der Waals surface area contributed by atoms with Gasteiger partial charge in [-0.25, -0.2) is 0 Å². The second-order valence-electron chi connectivity index (χ2n) is 4.06. The summed E-state index contributed by atoms with van der Waals surface area (Å²) in [5, 5.41) is 0. The maximum absolute atomic E-state index is 5.97. The summed E-state index contributed by atoms with van der Waals surface area (Å²) in [6, 6.07) is 14.4. The van der Waals surface area contributed by atoms with Gasteiger partial charge in [0.2, 0.25) is 0 Å². The molecule has 0 fully saturated rings. The minimum Gasteiger partial charge on any atom is -0.398 e. The molecule has 2 heteroatoms. The van der Waals surface area contributed by atoms with Crippen molar-refractivity contribution >= 4 is 5.69 Å². The molecule has 2 aromatic rings. The smallest absolute Gasteiger partial charge is 0.0725 e. The van der Waals surface area contributed by atoms with Crippen LogP contribution < -0.4 is 5.73 Å². The van der Waals surface area contributed by atoms with Gasteiger partial charge in [-0.3, -0.25) is 0 Å². The van der Waals surface area contributed by atoms with Gasteiger partial charge in [0.15, 0.2) is 0 Å². The molecule has 0 atom stereocenters. The highest BCUT2D eigenvalue weighted by Crippen LogP contribution is 2.29. The third-order valence-electron chi connectivity index (χ3n) is 2.99. The summed E-state index contributed by atoms with van der Waals surface area (Å²) in [7, 11) is 0. The van der Waals surface area contributed by atoms with Crippen LogP contribution in [-0.2, 0) is 18.0 Å². The van der Waals surface area contributed by atoms with Crippen LogP contribution in [0.3, 0.4) is 0 Å². The van der Waals surface area contributed by atoms with E-state index in [4.69, 9.17) is 10.5 Å². The van der Waals surface area contributed by atoms with E-state index in [1.807, 2.05) is 24.3 Å². The Hall–Kier alpha value is -1.80. The average molecular weight is 211 g/mol. The first kappa shape index (κ1) is 9.43. The van der Waals surface area contributed by atoms with Crippen LogP contribution in [-0.4, -0.2) is 0 Å². The second kappa shape index (κ2) is 3.65. The quantitative estimate of drug-likeness (QED) is 0.736. The van der Waals surface area contributed by atoms with Gasteiger partial charge < -0.3 is 10.5 Å². The number of hydrogen-bond acceptors (Lipinski definition) is 2. The molecule has 0 unspecified atom stereocenters. The first-order valence-corrected chi connectivity index (χ1v) is 5.39. The molecule has 2 N–H and O–H groups in total. The number of rotatable bonds is 1. The summed E-state index contributed by atoms with van der Waals surface area (Å²) in [5.41, 5.74) is 11.6. The van der Waals surface area contributed by atoms with E-state index in [9.17, 15) is 0 Å². The zero-order valence-electron chi connectivity index (χ0n) is 8.94. The van der Waals surface area contributed by atoms with Gasteiger partial charge >= 0.3 is 0 Å². The molecule has 2 aromatic carbocycles. The van der Waals surface area contributed by atoms with Crippen LogP contribution in [0.5, 0.6) is 0 Å². The van der Waals surface area contributed by atoms with Crippen molar-refractivity contribution < 1.29 is 4.74 Å². The molecule has 0 bridgehead atoms. The fourth-order valence-electron chi connectivity index (χ4n) is 2.10. The molecule has 80 valence electrons. The van der Waals surface area contributed by atoms with Crippen LogP contribution in [0.2, 0.25) is 0 Å². The number of nitrogen functional groups attached to an aromatic ring is 1. The lowest BCUT2D eigenvalue weighted by molar-refractivity contribution is 0.134. The van der Waals surface area contributed by atoms with Gasteiger partial charge in [-0.2, -0.15) is 0 Å². The van der Waals surface area contributed by atoms with Crippen LogP contribution in [0.1, 0.15) is 11.1 Å². The lowest BCUT2D eigenvalue weighted by atomic mass is 9.99. The van der Waals surface area contributed by atoms with Crippen LogP contribution >= 0.6 is 0 Å². The highest BCUT2D eigenvalue weighted by Gasteiger charge is 2.12. The summed E-state index contributed by atoms with van der Waals surface area (Å²) < 4.78 is 5.40. The number of hydrogen-bond donors (Lipinski definition) is 1. The Morgan fingerprint density at radius 1 is 0.938 bits per heavy atom. The molecule has 1 heterocycles. The SMILES string of the molecule is Nc1ccccc1-c1ccc2c(c1)COC2. The Kier molecular flexibility index (Phi) is 2.15. The summed E-state index contributed by atoms with van der Waals surface area (Å²) in [6.07, 6.45) is 0. The molecule has 0 aliphatic carbocycles. The maximum Gasteiger partial charge on any atom is 0.0725 e. The van der Waals surface area contributed by atoms with Crippen molar-refractivity contribution in [3.05, 3.63) is 53.6 Å². The molecule has 1 aliphatic heterocycles. The standard InChI is InChI=1S/C14H13NO/c15-14-4-2-1-3-13(14)10-5-6-11-8-16-9-12(11)7-10/h1-7H,8-9,15H2. The molecule has 16 heavy (non-hydrogen) atoms. The van der Waals surface area contributed by atoms with E-state index < -0.39 is 0 Å². The van der Waals surface area contributed by atoms with Crippen molar-refractivity contribution in [2.45, 2.75) is 13.2 Å². The van der Waals surface area contributed by atoms with Crippen molar-refractivity contribution in [1.82, 2.24) is 0 Å². The molecule has 0 saturated heterocycles. The normalized spacial score (nSPS) is 13.8. The Balaban J connectivity index is 2.11. The highest BCUT2D eigenvalue weighted by atomic mass is 16.5. The van der Waals surface area contributed by atoms with Gasteiger partial charge in [0, 0.05) is 11.3 Å². The van der Waals surface area contributed by atoms with Crippen LogP contribution in [0.25, 0.3) is 11.1 Å². The lowest BCUT2D eigenvalue weighted by Crippen LogP contribution is -1.90. The Labute approximate surface area is 94.7 Å². The largest absolute Gasteiger partial charge is 0.398 e. The summed E-state index contributed by atoms with van der Waals surface area (Å²) in [5.74, 6) is 0. The van der Waals surface area contributed by atoms with Gasteiger partial charge in [-0.05, 0) is 28.8 Å². The molecule has 1 aliphatic rings. The lowest BCUT2D eigenvalue weighted by Gasteiger charge is -2.07.